The molecule has 0 saturated carbocycles. The Balaban J connectivity index is 1.73. The Hall–Kier alpha value is -1.34. The van der Waals surface area contributed by atoms with Gasteiger partial charge in [-0.3, -0.25) is 4.90 Å². The fourth-order valence-corrected chi connectivity index (χ4v) is 2.79. The highest BCUT2D eigenvalue weighted by Gasteiger charge is 2.27. The molecule has 1 aliphatic heterocycles. The molecule has 8 heteroatoms. The third kappa shape index (κ3) is 3.61. The zero-order valence-corrected chi connectivity index (χ0v) is 14.4. The van der Waals surface area contributed by atoms with Crippen LogP contribution in [-0.4, -0.2) is 41.7 Å². The van der Waals surface area contributed by atoms with Crippen LogP contribution < -0.4 is 10.1 Å². The molecule has 23 heavy (non-hydrogen) atoms. The van der Waals surface area contributed by atoms with Crippen LogP contribution in [0.25, 0.3) is 0 Å². The van der Waals surface area contributed by atoms with Gasteiger partial charge in [0.2, 0.25) is 0 Å². The largest absolute Gasteiger partial charge is 0.479 e. The summed E-state index contributed by atoms with van der Waals surface area (Å²) in [7, 11) is 2.05. The molecule has 1 N–H and O–H groups in total. The maximum Gasteiger partial charge on any atom is 0.267 e. The lowest BCUT2D eigenvalue weighted by Gasteiger charge is -2.30. The van der Waals surface area contributed by atoms with Gasteiger partial charge in [0.1, 0.15) is 10.8 Å². The number of halogens is 2. The number of nitrogens with one attached hydrogen (secondary N) is 1. The minimum absolute atomic E-state index is 0.100. The summed E-state index contributed by atoms with van der Waals surface area (Å²) in [5.74, 6) is 1.56. The quantitative estimate of drug-likeness (QED) is 0.907. The molecule has 0 amide bonds. The Kier molecular flexibility index (Phi) is 5.06. The second-order valence-corrected chi connectivity index (χ2v) is 6.29. The van der Waals surface area contributed by atoms with Gasteiger partial charge in [0.05, 0.1) is 11.1 Å². The number of aromatic nitrogens is 2. The number of benzene rings is 1. The van der Waals surface area contributed by atoms with E-state index in [-0.39, 0.29) is 6.04 Å². The number of piperazine rings is 1. The van der Waals surface area contributed by atoms with Crippen LogP contribution in [0.4, 0.5) is 0 Å². The minimum Gasteiger partial charge on any atom is -0.479 e. The standard InChI is InChI=1S/C15H18Cl2N4O2/c1-9(22-12-5-3-4-10(16)13(12)17)15-19-14(20-23-15)11-8-18-6-7-21(11)2/h3-5,9,11,18H,6-8H2,1-2H3. The zero-order chi connectivity index (χ0) is 16.4. The number of ether oxygens (including phenoxy) is 1. The van der Waals surface area contributed by atoms with Crippen molar-refractivity contribution >= 4 is 23.2 Å². The van der Waals surface area contributed by atoms with Crippen LogP contribution in [0.2, 0.25) is 10.0 Å². The van der Waals surface area contributed by atoms with E-state index in [0.29, 0.717) is 27.5 Å². The van der Waals surface area contributed by atoms with E-state index in [0.717, 1.165) is 19.6 Å². The van der Waals surface area contributed by atoms with Crippen LogP contribution in [0, 0.1) is 0 Å². The lowest BCUT2D eigenvalue weighted by molar-refractivity contribution is 0.173. The zero-order valence-electron chi connectivity index (χ0n) is 12.9. The van der Waals surface area contributed by atoms with E-state index in [9.17, 15) is 0 Å². The topological polar surface area (TPSA) is 63.4 Å². The Labute approximate surface area is 144 Å². The normalized spacial score (nSPS) is 20.4. The van der Waals surface area contributed by atoms with Gasteiger partial charge in [-0.05, 0) is 26.1 Å². The van der Waals surface area contributed by atoms with Gasteiger partial charge in [0.25, 0.3) is 5.89 Å². The summed E-state index contributed by atoms with van der Waals surface area (Å²) in [6, 6.07) is 5.33. The van der Waals surface area contributed by atoms with Crippen LogP contribution in [-0.2, 0) is 0 Å². The van der Waals surface area contributed by atoms with Gasteiger partial charge >= 0.3 is 0 Å². The van der Waals surface area contributed by atoms with Gasteiger partial charge in [-0.25, -0.2) is 0 Å². The van der Waals surface area contributed by atoms with E-state index in [4.69, 9.17) is 32.5 Å². The molecular formula is C15H18Cl2N4O2. The number of rotatable bonds is 4. The summed E-state index contributed by atoms with van der Waals surface area (Å²) in [6.45, 7) is 4.53. The fraction of sp³-hybridized carbons (Fsp3) is 0.467. The van der Waals surface area contributed by atoms with Gasteiger partial charge in [0.15, 0.2) is 11.9 Å². The monoisotopic (exact) mass is 356 g/mol. The Morgan fingerprint density at radius 3 is 3.04 bits per heavy atom. The molecule has 0 bridgehead atoms. The van der Waals surface area contributed by atoms with Crippen LogP contribution in [0.15, 0.2) is 22.7 Å². The third-order valence-electron chi connectivity index (χ3n) is 3.83. The first-order chi connectivity index (χ1) is 11.1. The van der Waals surface area contributed by atoms with Crippen molar-refractivity contribution in [2.75, 3.05) is 26.7 Å². The van der Waals surface area contributed by atoms with Crippen molar-refractivity contribution in [2.24, 2.45) is 0 Å². The van der Waals surface area contributed by atoms with Crippen molar-refractivity contribution in [3.05, 3.63) is 40.0 Å². The highest BCUT2D eigenvalue weighted by Crippen LogP contribution is 2.34. The maximum absolute atomic E-state index is 6.13. The number of nitrogens with zero attached hydrogens (tertiary/aromatic N) is 3. The van der Waals surface area contributed by atoms with Crippen molar-refractivity contribution in [3.8, 4) is 5.75 Å². The molecule has 1 aliphatic rings. The molecule has 1 saturated heterocycles. The van der Waals surface area contributed by atoms with Crippen molar-refractivity contribution in [1.29, 1.82) is 0 Å². The first-order valence-electron chi connectivity index (χ1n) is 7.41. The molecule has 1 aromatic carbocycles. The SMILES string of the molecule is CC(Oc1cccc(Cl)c1Cl)c1nc(C2CNCCN2C)no1. The smallest absolute Gasteiger partial charge is 0.267 e. The third-order valence-corrected chi connectivity index (χ3v) is 4.64. The van der Waals surface area contributed by atoms with E-state index in [1.165, 1.54) is 0 Å². The summed E-state index contributed by atoms with van der Waals surface area (Å²) >= 11 is 12.1. The number of hydrogen-bond donors (Lipinski definition) is 1. The molecule has 2 unspecified atom stereocenters. The molecule has 2 heterocycles. The van der Waals surface area contributed by atoms with Gasteiger partial charge < -0.3 is 14.6 Å². The van der Waals surface area contributed by atoms with E-state index in [1.807, 2.05) is 14.0 Å². The van der Waals surface area contributed by atoms with Gasteiger partial charge in [-0.2, -0.15) is 4.98 Å². The Morgan fingerprint density at radius 1 is 1.43 bits per heavy atom. The molecular weight excluding hydrogens is 339 g/mol. The molecule has 0 aliphatic carbocycles. The highest BCUT2D eigenvalue weighted by atomic mass is 35.5. The lowest BCUT2D eigenvalue weighted by atomic mass is 10.2. The molecule has 124 valence electrons. The van der Waals surface area contributed by atoms with Crippen molar-refractivity contribution in [1.82, 2.24) is 20.4 Å². The Morgan fingerprint density at radius 2 is 2.26 bits per heavy atom. The van der Waals surface area contributed by atoms with Gasteiger partial charge in [-0.15, -0.1) is 0 Å². The minimum atomic E-state index is -0.422. The van der Waals surface area contributed by atoms with Crippen molar-refractivity contribution in [3.63, 3.8) is 0 Å². The van der Waals surface area contributed by atoms with Gasteiger partial charge in [0, 0.05) is 19.6 Å². The van der Waals surface area contributed by atoms with Crippen molar-refractivity contribution in [2.45, 2.75) is 19.1 Å². The Bertz CT molecular complexity index is 679. The second kappa shape index (κ2) is 7.05. The van der Waals surface area contributed by atoms with Crippen LogP contribution in [0.1, 0.15) is 30.8 Å². The first-order valence-corrected chi connectivity index (χ1v) is 8.17. The summed E-state index contributed by atoms with van der Waals surface area (Å²) in [6.07, 6.45) is -0.422. The van der Waals surface area contributed by atoms with Gasteiger partial charge in [-0.1, -0.05) is 34.4 Å². The number of hydrogen-bond acceptors (Lipinski definition) is 6. The number of likely N-dealkylation sites (N-methyl/N-ethyl adjacent to an activating group) is 1. The summed E-state index contributed by atoms with van der Waals surface area (Å²) in [4.78, 5) is 6.67. The van der Waals surface area contributed by atoms with E-state index >= 15 is 0 Å². The van der Waals surface area contributed by atoms with Crippen molar-refractivity contribution < 1.29 is 9.26 Å². The molecule has 0 spiro atoms. The van der Waals surface area contributed by atoms with E-state index < -0.39 is 6.10 Å². The highest BCUT2D eigenvalue weighted by molar-refractivity contribution is 6.42. The first kappa shape index (κ1) is 16.5. The molecule has 3 rings (SSSR count). The van der Waals surface area contributed by atoms with Crippen LogP contribution >= 0.6 is 23.2 Å². The summed E-state index contributed by atoms with van der Waals surface area (Å²) in [5, 5.41) is 8.23. The average Bonchev–Trinajstić information content (AvgIpc) is 3.02. The van der Waals surface area contributed by atoms with Crippen LogP contribution in [0.3, 0.4) is 0 Å². The summed E-state index contributed by atoms with van der Waals surface area (Å²) in [5.41, 5.74) is 0. The predicted octanol–water partition coefficient (Wildman–Crippen LogP) is 3.09. The van der Waals surface area contributed by atoms with E-state index in [2.05, 4.69) is 20.4 Å². The maximum atomic E-state index is 6.13. The summed E-state index contributed by atoms with van der Waals surface area (Å²) < 4.78 is 11.2. The van der Waals surface area contributed by atoms with E-state index in [1.54, 1.807) is 18.2 Å². The van der Waals surface area contributed by atoms with Crippen LogP contribution in [0.5, 0.6) is 5.75 Å². The molecule has 1 aromatic heterocycles. The second-order valence-electron chi connectivity index (χ2n) is 5.50. The molecule has 0 radical (unpaired) electrons. The lowest BCUT2D eigenvalue weighted by Crippen LogP contribution is -2.44. The molecule has 2 aromatic rings. The molecule has 2 atom stereocenters. The fourth-order valence-electron chi connectivity index (χ4n) is 2.46. The molecule has 1 fully saturated rings. The average molecular weight is 357 g/mol. The predicted molar refractivity (Wildman–Crippen MR) is 88.0 cm³/mol. The molecule has 6 nitrogen and oxygen atoms in total.